The Balaban J connectivity index is 1.59. The van der Waals surface area contributed by atoms with Crippen LogP contribution < -0.4 is 10.2 Å². The average molecular weight is 621 g/mol. The fourth-order valence-corrected chi connectivity index (χ4v) is 6.81. The highest BCUT2D eigenvalue weighted by molar-refractivity contribution is 7.22. The molecule has 0 atom stereocenters. The lowest BCUT2D eigenvalue weighted by Gasteiger charge is -2.18. The van der Waals surface area contributed by atoms with Gasteiger partial charge < -0.3 is 9.30 Å². The van der Waals surface area contributed by atoms with Crippen LogP contribution in [0.25, 0.3) is 20.7 Å². The second-order valence-electron chi connectivity index (χ2n) is 10.9. The van der Waals surface area contributed by atoms with Crippen LogP contribution in [-0.2, 0) is 19.6 Å². The molecule has 0 fully saturated rings. The van der Waals surface area contributed by atoms with Gasteiger partial charge >= 0.3 is 0 Å². The molecule has 6 rings (SSSR count). The van der Waals surface area contributed by atoms with E-state index in [1.165, 1.54) is 35.7 Å². The Kier molecular flexibility index (Phi) is 8.69. The van der Waals surface area contributed by atoms with Crippen molar-refractivity contribution in [1.29, 1.82) is 0 Å². The summed E-state index contributed by atoms with van der Waals surface area (Å²) in [5.41, 5.74) is 2.44. The van der Waals surface area contributed by atoms with Crippen LogP contribution in [0.2, 0.25) is 0 Å². The summed E-state index contributed by atoms with van der Waals surface area (Å²) in [6, 6.07) is 29.8. The molecule has 2 aromatic heterocycles. The first-order valence-electron chi connectivity index (χ1n) is 14.4. The van der Waals surface area contributed by atoms with Gasteiger partial charge in [0, 0.05) is 35.3 Å². The number of fused-ring (bicyclic) bond motifs is 1. The number of carbonyl (C=O) groups is 1. The summed E-state index contributed by atoms with van der Waals surface area (Å²) in [4.78, 5) is 31.6. The van der Waals surface area contributed by atoms with E-state index >= 15 is 0 Å². The van der Waals surface area contributed by atoms with Gasteiger partial charge in [-0.3, -0.25) is 14.5 Å². The van der Waals surface area contributed by atoms with Crippen LogP contribution in [0.1, 0.15) is 32.6 Å². The van der Waals surface area contributed by atoms with Gasteiger partial charge in [0.05, 0.1) is 24.6 Å². The number of benzene rings is 4. The maximum Gasteiger partial charge on any atom is 0.201 e. The highest BCUT2D eigenvalue weighted by Gasteiger charge is 2.25. The number of hydrogen-bond donors (Lipinski definition) is 0. The average Bonchev–Trinajstić information content (AvgIpc) is 3.44. The fraction of sp³-hybridized carbons (Fsp3) is 0.135. The van der Waals surface area contributed by atoms with E-state index in [4.69, 9.17) is 4.74 Å². The van der Waals surface area contributed by atoms with Gasteiger partial charge in [0.15, 0.2) is 5.78 Å². The molecule has 0 aliphatic heterocycles. The molecular formula is C37H30F2N2O3S. The minimum atomic E-state index is -0.701. The standard InChI is InChI=1S/C37H30F2N2O3S/c1-40(20-24-10-5-3-6-11-24)21-29-33-35(43)30(34(42)25-12-7-4-8-13-25)23-41(22-28-31(38)14-9-15-32(28)39)37(33)45-36(29)26-16-18-27(44-2)19-17-26/h3-19,23H,20-22H2,1-2H3. The molecule has 45 heavy (non-hydrogen) atoms. The zero-order valence-corrected chi connectivity index (χ0v) is 25.6. The first-order valence-corrected chi connectivity index (χ1v) is 15.2. The Morgan fingerprint density at radius 3 is 2.11 bits per heavy atom. The van der Waals surface area contributed by atoms with Crippen molar-refractivity contribution < 1.29 is 18.3 Å². The van der Waals surface area contributed by atoms with Gasteiger partial charge in [0.25, 0.3) is 0 Å². The Morgan fingerprint density at radius 2 is 1.47 bits per heavy atom. The van der Waals surface area contributed by atoms with Crippen LogP contribution in [0.3, 0.4) is 0 Å². The quantitative estimate of drug-likeness (QED) is 0.146. The Bertz CT molecular complexity index is 2020. The third kappa shape index (κ3) is 6.20. The number of carbonyl (C=O) groups excluding carboxylic acids is 1. The van der Waals surface area contributed by atoms with E-state index in [1.807, 2.05) is 61.6 Å². The van der Waals surface area contributed by atoms with Crippen LogP contribution >= 0.6 is 11.3 Å². The number of ether oxygens (including phenoxy) is 1. The summed E-state index contributed by atoms with van der Waals surface area (Å²) in [5, 5.41) is 0.365. The SMILES string of the molecule is COc1ccc(-c2sc3c(c2CN(C)Cc2ccccc2)c(=O)c(C(=O)c2ccccc2)cn3Cc2c(F)cccc2F)cc1. The molecule has 0 saturated heterocycles. The van der Waals surface area contributed by atoms with Gasteiger partial charge in [0.1, 0.15) is 22.2 Å². The highest BCUT2D eigenvalue weighted by atomic mass is 32.1. The lowest BCUT2D eigenvalue weighted by atomic mass is 10.0. The molecule has 8 heteroatoms. The number of hydrogen-bond acceptors (Lipinski definition) is 5. The van der Waals surface area contributed by atoms with Gasteiger partial charge in [-0.25, -0.2) is 8.78 Å². The summed E-state index contributed by atoms with van der Waals surface area (Å²) in [5.74, 6) is -1.17. The van der Waals surface area contributed by atoms with E-state index in [2.05, 4.69) is 4.90 Å². The van der Waals surface area contributed by atoms with E-state index < -0.39 is 22.8 Å². The van der Waals surface area contributed by atoms with Crippen molar-refractivity contribution in [2.45, 2.75) is 19.6 Å². The molecule has 0 saturated carbocycles. The van der Waals surface area contributed by atoms with Crippen molar-refractivity contribution >= 4 is 27.3 Å². The van der Waals surface area contributed by atoms with Gasteiger partial charge in [-0.1, -0.05) is 66.7 Å². The predicted molar refractivity (Wildman–Crippen MR) is 175 cm³/mol. The molecule has 0 radical (unpaired) electrons. The first-order chi connectivity index (χ1) is 21.8. The number of rotatable bonds is 10. The molecule has 0 bridgehead atoms. The smallest absolute Gasteiger partial charge is 0.201 e. The molecule has 0 spiro atoms. The topological polar surface area (TPSA) is 51.5 Å². The minimum Gasteiger partial charge on any atom is -0.497 e. The van der Waals surface area contributed by atoms with Crippen molar-refractivity contribution in [3.8, 4) is 16.2 Å². The summed E-state index contributed by atoms with van der Waals surface area (Å²) < 4.78 is 36.9. The molecule has 0 N–H and O–H groups in total. The van der Waals surface area contributed by atoms with Crippen molar-refractivity contribution in [2.24, 2.45) is 0 Å². The molecule has 0 aliphatic carbocycles. The summed E-state index contributed by atoms with van der Waals surface area (Å²) in [7, 11) is 3.57. The monoisotopic (exact) mass is 620 g/mol. The second-order valence-corrected chi connectivity index (χ2v) is 11.9. The third-order valence-corrected chi connectivity index (χ3v) is 9.07. The first kappa shape index (κ1) is 30.1. The highest BCUT2D eigenvalue weighted by Crippen LogP contribution is 2.39. The molecule has 5 nitrogen and oxygen atoms in total. The number of thiophene rings is 1. The minimum absolute atomic E-state index is 0.0588. The lowest BCUT2D eigenvalue weighted by molar-refractivity contribution is 0.103. The number of halogens is 2. The largest absolute Gasteiger partial charge is 0.497 e. The number of ketones is 1. The molecule has 0 aliphatic rings. The van der Waals surface area contributed by atoms with Gasteiger partial charge in [-0.2, -0.15) is 0 Å². The van der Waals surface area contributed by atoms with Crippen molar-refractivity contribution in [3.05, 3.63) is 159 Å². The van der Waals surface area contributed by atoms with Crippen LogP contribution in [-0.4, -0.2) is 29.4 Å². The Morgan fingerprint density at radius 1 is 0.822 bits per heavy atom. The molecule has 4 aromatic carbocycles. The van der Waals surface area contributed by atoms with E-state index in [-0.39, 0.29) is 17.7 Å². The molecule has 2 heterocycles. The zero-order valence-electron chi connectivity index (χ0n) is 24.8. The lowest BCUT2D eigenvalue weighted by Crippen LogP contribution is -2.22. The van der Waals surface area contributed by atoms with Gasteiger partial charge in [-0.05, 0) is 60.1 Å². The molecule has 6 aromatic rings. The summed E-state index contributed by atoms with van der Waals surface area (Å²) in [6.07, 6.45) is 1.44. The number of pyridine rings is 1. The normalized spacial score (nSPS) is 11.3. The van der Waals surface area contributed by atoms with E-state index in [9.17, 15) is 18.4 Å². The molecule has 0 unspecified atom stereocenters. The van der Waals surface area contributed by atoms with Gasteiger partial charge in [-0.15, -0.1) is 11.3 Å². The van der Waals surface area contributed by atoms with E-state index in [0.29, 0.717) is 34.6 Å². The van der Waals surface area contributed by atoms with E-state index in [1.54, 1.807) is 42.0 Å². The third-order valence-electron chi connectivity index (χ3n) is 7.75. The van der Waals surface area contributed by atoms with E-state index in [0.717, 1.165) is 21.6 Å². The van der Waals surface area contributed by atoms with Crippen LogP contribution in [0.4, 0.5) is 8.78 Å². The summed E-state index contributed by atoms with van der Waals surface area (Å²) >= 11 is 1.37. The Hall–Kier alpha value is -4.92. The number of aromatic nitrogens is 1. The predicted octanol–water partition coefficient (Wildman–Crippen LogP) is 7.93. The fourth-order valence-electron chi connectivity index (χ4n) is 5.52. The Labute approximate surface area is 263 Å². The zero-order chi connectivity index (χ0) is 31.5. The van der Waals surface area contributed by atoms with Gasteiger partial charge in [0.2, 0.25) is 5.43 Å². The molecule has 0 amide bonds. The maximum absolute atomic E-state index is 14.9. The molecular weight excluding hydrogens is 590 g/mol. The number of nitrogens with zero attached hydrogens (tertiary/aromatic N) is 2. The van der Waals surface area contributed by atoms with Crippen molar-refractivity contribution in [3.63, 3.8) is 0 Å². The number of methoxy groups -OCH3 is 1. The van der Waals surface area contributed by atoms with Crippen LogP contribution in [0, 0.1) is 11.6 Å². The summed E-state index contributed by atoms with van der Waals surface area (Å²) in [6.45, 7) is 0.812. The van der Waals surface area contributed by atoms with Crippen molar-refractivity contribution in [2.75, 3.05) is 14.2 Å². The van der Waals surface area contributed by atoms with Crippen LogP contribution in [0.15, 0.2) is 114 Å². The van der Waals surface area contributed by atoms with Crippen LogP contribution in [0.5, 0.6) is 5.75 Å². The maximum atomic E-state index is 14.9. The second kappa shape index (κ2) is 13.0. The molecule has 226 valence electrons. The van der Waals surface area contributed by atoms with Crippen molar-refractivity contribution in [1.82, 2.24) is 9.47 Å².